The number of ketones is 1. The standard InChI is InChI=1S/C21H32N2OS.C4H9NO.C4H10.C2H4/c1-3-22-12-15-23-13-7-8-18(11-14-23)16-20(24)17-19-9-5-4-6-10-21(19)25-2;1-4(5-2)6-3;1-4(2)3;1-2/h5-6,9-10,12,18H,3-4,7-8,11,13-17H2,1-2H3;1-3H3;4H,1-3H3;1-2H2. The van der Waals surface area contributed by atoms with Gasteiger partial charge in [-0.05, 0) is 69.4 Å². The number of rotatable bonds is 8. The molecule has 0 spiro atoms. The average molecular weight is 534 g/mol. The van der Waals surface area contributed by atoms with Crippen molar-refractivity contribution in [2.75, 3.05) is 46.6 Å². The molecule has 6 heteroatoms. The zero-order valence-electron chi connectivity index (χ0n) is 25.1. The van der Waals surface area contributed by atoms with E-state index in [9.17, 15) is 4.79 Å². The van der Waals surface area contributed by atoms with Gasteiger partial charge < -0.3 is 4.74 Å². The molecular formula is C31H55N3O2S. The molecule has 0 aromatic carbocycles. The van der Waals surface area contributed by atoms with Crippen LogP contribution in [0.2, 0.25) is 0 Å². The van der Waals surface area contributed by atoms with Crippen LogP contribution in [0.15, 0.2) is 57.9 Å². The van der Waals surface area contributed by atoms with Crippen LogP contribution in [-0.2, 0) is 9.53 Å². The van der Waals surface area contributed by atoms with Crippen molar-refractivity contribution in [3.8, 4) is 0 Å². The number of carbonyl (C=O) groups is 1. The van der Waals surface area contributed by atoms with Gasteiger partial charge in [-0.1, -0.05) is 45.1 Å². The molecule has 212 valence electrons. The number of thioether (sulfide) groups is 1. The number of aliphatic imine (C=N–C) groups is 2. The first-order chi connectivity index (χ1) is 17.8. The van der Waals surface area contributed by atoms with Crippen LogP contribution in [0.25, 0.3) is 0 Å². The van der Waals surface area contributed by atoms with Crippen molar-refractivity contribution < 1.29 is 9.53 Å². The summed E-state index contributed by atoms with van der Waals surface area (Å²) in [6.07, 6.45) is 18.5. The quantitative estimate of drug-likeness (QED) is 0.181. The van der Waals surface area contributed by atoms with E-state index in [1.807, 2.05) is 6.21 Å². The summed E-state index contributed by atoms with van der Waals surface area (Å²) in [5, 5.41) is 0. The maximum atomic E-state index is 12.6. The van der Waals surface area contributed by atoms with Crippen molar-refractivity contribution in [2.45, 2.75) is 73.1 Å². The molecule has 2 rings (SSSR count). The average Bonchev–Trinajstić information content (AvgIpc) is 3.25. The van der Waals surface area contributed by atoms with Crippen LogP contribution in [0.1, 0.15) is 73.1 Å². The number of likely N-dealkylation sites (tertiary alicyclic amines) is 1. The molecule has 0 bridgehead atoms. The molecule has 0 N–H and O–H groups in total. The summed E-state index contributed by atoms with van der Waals surface area (Å²) in [5.74, 6) is 2.49. The van der Waals surface area contributed by atoms with Crippen molar-refractivity contribution in [2.24, 2.45) is 21.8 Å². The third-order valence-corrected chi connectivity index (χ3v) is 6.34. The molecule has 2 aliphatic rings. The van der Waals surface area contributed by atoms with Gasteiger partial charge in [0.2, 0.25) is 0 Å². The first kappa shape index (κ1) is 37.2. The fraction of sp³-hybridized carbons (Fsp3) is 0.645. The predicted molar refractivity (Wildman–Crippen MR) is 168 cm³/mol. The van der Waals surface area contributed by atoms with Crippen LogP contribution < -0.4 is 0 Å². The molecule has 1 saturated heterocycles. The second-order valence-electron chi connectivity index (χ2n) is 9.51. The van der Waals surface area contributed by atoms with E-state index < -0.39 is 0 Å². The molecule has 0 aromatic heterocycles. The summed E-state index contributed by atoms with van der Waals surface area (Å²) in [6, 6.07) is 0. The van der Waals surface area contributed by atoms with Crippen molar-refractivity contribution in [1.82, 2.24) is 4.90 Å². The largest absolute Gasteiger partial charge is 0.485 e. The van der Waals surface area contributed by atoms with E-state index >= 15 is 0 Å². The second kappa shape index (κ2) is 25.7. The van der Waals surface area contributed by atoms with Gasteiger partial charge in [0.25, 0.3) is 0 Å². The Kier molecular flexibility index (Phi) is 25.9. The Hall–Kier alpha value is -1.92. The van der Waals surface area contributed by atoms with Gasteiger partial charge in [0, 0.05) is 51.0 Å². The predicted octanol–water partition coefficient (Wildman–Crippen LogP) is 7.81. The van der Waals surface area contributed by atoms with Gasteiger partial charge in [0.05, 0.1) is 7.11 Å². The van der Waals surface area contributed by atoms with Gasteiger partial charge in [0.15, 0.2) is 5.90 Å². The van der Waals surface area contributed by atoms with E-state index in [0.29, 0.717) is 18.1 Å². The number of hydrogen-bond donors (Lipinski definition) is 0. The van der Waals surface area contributed by atoms with E-state index in [0.717, 1.165) is 57.3 Å². The van der Waals surface area contributed by atoms with E-state index in [-0.39, 0.29) is 0 Å². The highest BCUT2D eigenvalue weighted by Crippen LogP contribution is 2.27. The highest BCUT2D eigenvalue weighted by atomic mass is 32.2. The lowest BCUT2D eigenvalue weighted by Gasteiger charge is -2.17. The molecular weight excluding hydrogens is 478 g/mol. The number of nitrogens with zero attached hydrogens (tertiary/aromatic N) is 3. The lowest BCUT2D eigenvalue weighted by molar-refractivity contribution is -0.119. The maximum Gasteiger partial charge on any atom is 0.179 e. The summed E-state index contributed by atoms with van der Waals surface area (Å²) in [6.45, 7) is 20.4. The number of hydrogen-bond acceptors (Lipinski definition) is 6. The normalized spacial score (nSPS) is 18.1. The molecule has 0 aromatic rings. The van der Waals surface area contributed by atoms with Crippen LogP contribution in [0, 0.1) is 11.8 Å². The van der Waals surface area contributed by atoms with Crippen molar-refractivity contribution in [3.05, 3.63) is 47.9 Å². The van der Waals surface area contributed by atoms with Gasteiger partial charge in [-0.15, -0.1) is 24.9 Å². The SMILES string of the molecule is C=C.CC(C)C.CCN=CCN1CCCC(CC(=O)CC2=C(SC)C=CCC=C2)CC1.CN=C(C)OC. The topological polar surface area (TPSA) is 54.3 Å². The highest BCUT2D eigenvalue weighted by Gasteiger charge is 2.20. The Morgan fingerprint density at radius 1 is 1.22 bits per heavy atom. The van der Waals surface area contributed by atoms with E-state index in [1.54, 1.807) is 32.8 Å². The Morgan fingerprint density at radius 2 is 1.86 bits per heavy atom. The molecule has 37 heavy (non-hydrogen) atoms. The van der Waals surface area contributed by atoms with Crippen molar-refractivity contribution in [3.63, 3.8) is 0 Å². The van der Waals surface area contributed by atoms with E-state index in [4.69, 9.17) is 0 Å². The van der Waals surface area contributed by atoms with Gasteiger partial charge in [-0.3, -0.25) is 19.7 Å². The summed E-state index contributed by atoms with van der Waals surface area (Å²) >= 11 is 1.74. The Balaban J connectivity index is 0. The monoisotopic (exact) mass is 533 g/mol. The van der Waals surface area contributed by atoms with Gasteiger partial charge in [0.1, 0.15) is 5.78 Å². The number of ether oxygens (including phenoxy) is 1. The summed E-state index contributed by atoms with van der Waals surface area (Å²) in [7, 11) is 3.29. The van der Waals surface area contributed by atoms with Crippen LogP contribution in [0.5, 0.6) is 0 Å². The minimum Gasteiger partial charge on any atom is -0.485 e. The molecule has 1 heterocycles. The molecule has 0 radical (unpaired) electrons. The van der Waals surface area contributed by atoms with Crippen LogP contribution >= 0.6 is 11.8 Å². The highest BCUT2D eigenvalue weighted by molar-refractivity contribution is 8.02. The fourth-order valence-corrected chi connectivity index (χ4v) is 4.24. The van der Waals surface area contributed by atoms with Gasteiger partial charge in [-0.2, -0.15) is 0 Å². The minimum atomic E-state index is 0.396. The molecule has 1 unspecified atom stereocenters. The number of methoxy groups -OCH3 is 1. The molecule has 1 aliphatic carbocycles. The summed E-state index contributed by atoms with van der Waals surface area (Å²) < 4.78 is 4.65. The number of carbonyl (C=O) groups excluding carboxylic acids is 1. The smallest absolute Gasteiger partial charge is 0.179 e. The van der Waals surface area contributed by atoms with Gasteiger partial charge >= 0.3 is 0 Å². The lowest BCUT2D eigenvalue weighted by atomic mass is 9.92. The molecule has 1 atom stereocenters. The third kappa shape index (κ3) is 21.8. The number of Topliss-reactive ketones (excluding diaryl/α,β-unsaturated/α-hetero) is 1. The van der Waals surface area contributed by atoms with Crippen LogP contribution in [0.3, 0.4) is 0 Å². The first-order valence-corrected chi connectivity index (χ1v) is 14.8. The Morgan fingerprint density at radius 3 is 2.41 bits per heavy atom. The van der Waals surface area contributed by atoms with E-state index in [2.05, 4.69) is 91.0 Å². The molecule has 0 saturated carbocycles. The van der Waals surface area contributed by atoms with Crippen molar-refractivity contribution >= 4 is 29.7 Å². The minimum absolute atomic E-state index is 0.396. The molecule has 1 aliphatic heterocycles. The Labute approximate surface area is 233 Å². The van der Waals surface area contributed by atoms with E-state index in [1.165, 1.54) is 23.3 Å². The zero-order chi connectivity index (χ0) is 28.5. The Bertz CT molecular complexity index is 736. The second-order valence-corrected chi connectivity index (χ2v) is 10.4. The number of allylic oxidation sites excluding steroid dienone is 5. The maximum absolute atomic E-state index is 12.6. The summed E-state index contributed by atoms with van der Waals surface area (Å²) in [5.41, 5.74) is 1.19. The summed E-state index contributed by atoms with van der Waals surface area (Å²) in [4.78, 5) is 24.3. The van der Waals surface area contributed by atoms with Crippen molar-refractivity contribution in [1.29, 1.82) is 0 Å². The zero-order valence-corrected chi connectivity index (χ0v) is 25.9. The lowest BCUT2D eigenvalue weighted by Crippen LogP contribution is -2.26. The molecule has 5 nitrogen and oxygen atoms in total. The molecule has 0 amide bonds. The third-order valence-electron chi connectivity index (χ3n) is 5.50. The van der Waals surface area contributed by atoms with Crippen LogP contribution in [-0.4, -0.2) is 69.4 Å². The molecule has 1 fully saturated rings. The first-order valence-electron chi connectivity index (χ1n) is 13.6. The fourth-order valence-electron chi connectivity index (χ4n) is 3.61. The van der Waals surface area contributed by atoms with Crippen LogP contribution in [0.4, 0.5) is 0 Å². The van der Waals surface area contributed by atoms with Gasteiger partial charge in [-0.25, -0.2) is 0 Å².